The molecule has 0 saturated carbocycles. The molecule has 2 aromatic rings. The highest BCUT2D eigenvalue weighted by molar-refractivity contribution is 7.90. The van der Waals surface area contributed by atoms with E-state index in [0.717, 1.165) is 5.56 Å². The molecule has 0 bridgehead atoms. The Bertz CT molecular complexity index is 977. The molecule has 0 N–H and O–H groups in total. The van der Waals surface area contributed by atoms with Crippen molar-refractivity contribution in [3.63, 3.8) is 0 Å². The fourth-order valence-corrected chi connectivity index (χ4v) is 6.60. The van der Waals surface area contributed by atoms with E-state index >= 15 is 0 Å². The Morgan fingerprint density at radius 3 is 2.59 bits per heavy atom. The lowest BCUT2D eigenvalue weighted by molar-refractivity contribution is 0.0758. The van der Waals surface area contributed by atoms with Crippen LogP contribution in [0.15, 0.2) is 54.6 Å². The number of hydrogen-bond donors (Lipinski definition) is 0. The molecule has 2 aliphatic rings. The molecule has 0 spiro atoms. The second kappa shape index (κ2) is 8.16. The third kappa shape index (κ3) is 4.02. The lowest BCUT2D eigenvalue weighted by Gasteiger charge is -2.22. The van der Waals surface area contributed by atoms with Gasteiger partial charge in [-0.15, -0.1) is 0 Å². The molecule has 2 atom stereocenters. The summed E-state index contributed by atoms with van der Waals surface area (Å²) in [5.74, 6) is 0.635. The third-order valence-electron chi connectivity index (χ3n) is 5.97. The number of carbonyl (C=O) groups excluding carboxylic acids is 1. The number of fused-ring (bicyclic) bond motifs is 1. The summed E-state index contributed by atoms with van der Waals surface area (Å²) in [6, 6.07) is 16.8. The molecule has 29 heavy (non-hydrogen) atoms. The van der Waals surface area contributed by atoms with E-state index in [0.29, 0.717) is 50.3 Å². The summed E-state index contributed by atoms with van der Waals surface area (Å²) in [6.45, 7) is 1.98. The van der Waals surface area contributed by atoms with E-state index in [9.17, 15) is 13.2 Å². The molecule has 154 valence electrons. The molecule has 2 aliphatic heterocycles. The van der Waals surface area contributed by atoms with Crippen LogP contribution in [-0.2, 0) is 16.6 Å². The number of methoxy groups -OCH3 is 1. The second-order valence-electron chi connectivity index (χ2n) is 7.72. The van der Waals surface area contributed by atoms with E-state index in [1.54, 1.807) is 40.6 Å². The highest BCUT2D eigenvalue weighted by Crippen LogP contribution is 2.35. The van der Waals surface area contributed by atoms with Crippen LogP contribution < -0.4 is 4.74 Å². The zero-order chi connectivity index (χ0) is 20.4. The predicted octanol–water partition coefficient (Wildman–Crippen LogP) is 2.76. The Hall–Kier alpha value is -2.38. The van der Waals surface area contributed by atoms with Gasteiger partial charge in [-0.25, -0.2) is 8.42 Å². The van der Waals surface area contributed by atoms with E-state index in [1.165, 1.54) is 0 Å². The van der Waals surface area contributed by atoms with E-state index < -0.39 is 15.3 Å². The van der Waals surface area contributed by atoms with Gasteiger partial charge in [0.1, 0.15) is 5.75 Å². The number of carbonyl (C=O) groups is 1. The van der Waals surface area contributed by atoms with Gasteiger partial charge in [0, 0.05) is 31.7 Å². The van der Waals surface area contributed by atoms with Gasteiger partial charge >= 0.3 is 0 Å². The van der Waals surface area contributed by atoms with Gasteiger partial charge in [0.25, 0.3) is 5.91 Å². The minimum absolute atomic E-state index is 0.0619. The number of amides is 1. The Morgan fingerprint density at radius 2 is 1.83 bits per heavy atom. The fourth-order valence-electron chi connectivity index (χ4n) is 4.38. The van der Waals surface area contributed by atoms with Gasteiger partial charge in [0.15, 0.2) is 0 Å². The maximum absolute atomic E-state index is 13.1. The van der Waals surface area contributed by atoms with E-state index in [2.05, 4.69) is 0 Å². The van der Waals surface area contributed by atoms with Crippen LogP contribution in [0.1, 0.15) is 28.8 Å². The molecule has 7 heteroatoms. The summed E-state index contributed by atoms with van der Waals surface area (Å²) in [4.78, 5) is 14.7. The van der Waals surface area contributed by atoms with Crippen LogP contribution in [0.25, 0.3) is 0 Å². The zero-order valence-electron chi connectivity index (χ0n) is 16.5. The lowest BCUT2D eigenvalue weighted by atomic mass is 10.0. The standard InChI is InChI=1S/C22H26N2O4S/c1-28-20-9-5-8-18(14-20)22(25)23-12-10-19-16-24(15-17-6-3-2-4-7-17)29(26,27)21(19)11-13-23/h2-9,14,19,21H,10-13,15-16H2,1H3/t19-,21-/m1/s1. The summed E-state index contributed by atoms with van der Waals surface area (Å²) >= 11 is 0. The molecule has 2 aromatic carbocycles. The molecular weight excluding hydrogens is 388 g/mol. The number of sulfonamides is 1. The maximum Gasteiger partial charge on any atom is 0.253 e. The molecule has 0 aromatic heterocycles. The van der Waals surface area contributed by atoms with Crippen LogP contribution >= 0.6 is 0 Å². The Morgan fingerprint density at radius 1 is 1.07 bits per heavy atom. The minimum atomic E-state index is -3.36. The van der Waals surface area contributed by atoms with Gasteiger partial charge in [-0.05, 0) is 42.5 Å². The largest absolute Gasteiger partial charge is 0.497 e. The van der Waals surface area contributed by atoms with Gasteiger partial charge in [0.2, 0.25) is 10.0 Å². The third-order valence-corrected chi connectivity index (χ3v) is 8.35. The SMILES string of the molecule is COc1cccc(C(=O)N2CC[C@@H]3CN(Cc4ccccc4)S(=O)(=O)[C@@H]3CC2)c1. The molecule has 4 rings (SSSR count). The van der Waals surface area contributed by atoms with Crippen molar-refractivity contribution in [1.29, 1.82) is 0 Å². The molecule has 2 heterocycles. The van der Waals surface area contributed by atoms with Crippen molar-refractivity contribution >= 4 is 15.9 Å². The van der Waals surface area contributed by atoms with E-state index in [4.69, 9.17) is 4.74 Å². The van der Waals surface area contributed by atoms with Gasteiger partial charge in [-0.1, -0.05) is 36.4 Å². The van der Waals surface area contributed by atoms with Crippen LogP contribution in [0.3, 0.4) is 0 Å². The summed E-state index contributed by atoms with van der Waals surface area (Å²) in [5, 5.41) is -0.408. The van der Waals surface area contributed by atoms with Crippen LogP contribution in [-0.4, -0.2) is 55.5 Å². The first-order valence-corrected chi connectivity index (χ1v) is 11.5. The van der Waals surface area contributed by atoms with Crippen molar-refractivity contribution in [2.24, 2.45) is 5.92 Å². The van der Waals surface area contributed by atoms with Gasteiger partial charge < -0.3 is 9.64 Å². The first-order valence-electron chi connectivity index (χ1n) is 9.95. The lowest BCUT2D eigenvalue weighted by Crippen LogP contribution is -2.34. The van der Waals surface area contributed by atoms with Crippen molar-refractivity contribution in [2.75, 3.05) is 26.7 Å². The fraction of sp³-hybridized carbons (Fsp3) is 0.409. The second-order valence-corrected chi connectivity index (χ2v) is 9.87. The van der Waals surface area contributed by atoms with Crippen LogP contribution in [0, 0.1) is 5.92 Å². The average Bonchev–Trinajstić information content (AvgIpc) is 2.88. The predicted molar refractivity (Wildman–Crippen MR) is 111 cm³/mol. The molecule has 6 nitrogen and oxygen atoms in total. The Labute approximate surface area is 172 Å². The Balaban J connectivity index is 1.46. The molecule has 0 radical (unpaired) electrons. The summed E-state index contributed by atoms with van der Waals surface area (Å²) in [5.41, 5.74) is 1.58. The molecule has 0 aliphatic carbocycles. The molecule has 1 amide bonds. The van der Waals surface area contributed by atoms with Gasteiger partial charge in [-0.2, -0.15) is 4.31 Å². The van der Waals surface area contributed by atoms with Crippen LogP contribution in [0.2, 0.25) is 0 Å². The van der Waals surface area contributed by atoms with Crippen molar-refractivity contribution in [3.8, 4) is 5.75 Å². The topological polar surface area (TPSA) is 66.9 Å². The number of ether oxygens (including phenoxy) is 1. The summed E-state index contributed by atoms with van der Waals surface area (Å²) in [6.07, 6.45) is 1.18. The highest BCUT2D eigenvalue weighted by atomic mass is 32.2. The van der Waals surface area contributed by atoms with Crippen molar-refractivity contribution < 1.29 is 17.9 Å². The van der Waals surface area contributed by atoms with Crippen molar-refractivity contribution in [2.45, 2.75) is 24.6 Å². The summed E-state index contributed by atoms with van der Waals surface area (Å²) < 4.78 is 33.1. The highest BCUT2D eigenvalue weighted by Gasteiger charge is 2.47. The normalized spacial score (nSPS) is 24.0. The molecule has 2 fully saturated rings. The van der Waals surface area contributed by atoms with E-state index in [-0.39, 0.29) is 11.8 Å². The van der Waals surface area contributed by atoms with Gasteiger partial charge in [-0.3, -0.25) is 4.79 Å². The summed E-state index contributed by atoms with van der Waals surface area (Å²) in [7, 11) is -1.79. The maximum atomic E-state index is 13.1. The molecular formula is C22H26N2O4S. The van der Waals surface area contributed by atoms with Crippen LogP contribution in [0.4, 0.5) is 0 Å². The average molecular weight is 415 g/mol. The zero-order valence-corrected chi connectivity index (χ0v) is 17.3. The number of hydrogen-bond acceptors (Lipinski definition) is 4. The first kappa shape index (κ1) is 19.9. The minimum Gasteiger partial charge on any atom is -0.497 e. The van der Waals surface area contributed by atoms with Crippen molar-refractivity contribution in [1.82, 2.24) is 9.21 Å². The molecule has 2 saturated heterocycles. The monoisotopic (exact) mass is 414 g/mol. The first-order chi connectivity index (χ1) is 14.0. The smallest absolute Gasteiger partial charge is 0.253 e. The van der Waals surface area contributed by atoms with Crippen LogP contribution in [0.5, 0.6) is 5.75 Å². The number of rotatable bonds is 4. The number of benzene rings is 2. The molecule has 0 unspecified atom stereocenters. The van der Waals surface area contributed by atoms with Crippen molar-refractivity contribution in [3.05, 3.63) is 65.7 Å². The quantitative estimate of drug-likeness (QED) is 0.772. The Kier molecular flexibility index (Phi) is 5.61. The number of likely N-dealkylation sites (tertiary alicyclic amines) is 1. The van der Waals surface area contributed by atoms with E-state index in [1.807, 2.05) is 30.3 Å². The number of nitrogens with zero attached hydrogens (tertiary/aromatic N) is 2. The van der Waals surface area contributed by atoms with Gasteiger partial charge in [0.05, 0.1) is 12.4 Å².